The number of rotatable bonds is 4. The zero-order valence-electron chi connectivity index (χ0n) is 15.6. The first-order valence-electron chi connectivity index (χ1n) is 9.01. The van der Waals surface area contributed by atoms with E-state index in [2.05, 4.69) is 31.4 Å². The van der Waals surface area contributed by atoms with Crippen molar-refractivity contribution in [3.05, 3.63) is 58.4 Å². The van der Waals surface area contributed by atoms with Crippen LogP contribution in [0.1, 0.15) is 17.3 Å². The van der Waals surface area contributed by atoms with E-state index in [4.69, 9.17) is 5.73 Å². The Bertz CT molecular complexity index is 1100. The van der Waals surface area contributed by atoms with E-state index in [9.17, 15) is 14.3 Å². The van der Waals surface area contributed by atoms with Crippen LogP contribution in [0.3, 0.4) is 0 Å². The zero-order chi connectivity index (χ0) is 20.8. The molecule has 1 saturated heterocycles. The molecule has 0 saturated carbocycles. The molecule has 0 unspecified atom stereocenters. The van der Waals surface area contributed by atoms with Crippen molar-refractivity contribution in [3.63, 3.8) is 0 Å². The molecule has 2 heterocycles. The topological polar surface area (TPSA) is 104 Å². The summed E-state index contributed by atoms with van der Waals surface area (Å²) in [4.78, 5) is 14.6. The Kier molecular flexibility index (Phi) is 4.97. The molecule has 3 aromatic rings. The van der Waals surface area contributed by atoms with Crippen LogP contribution in [0.4, 0.5) is 15.8 Å². The summed E-state index contributed by atoms with van der Waals surface area (Å²) in [7, 11) is 0. The molecule has 4 rings (SSSR count). The van der Waals surface area contributed by atoms with E-state index in [-0.39, 0.29) is 24.7 Å². The van der Waals surface area contributed by atoms with Crippen LogP contribution in [-0.2, 0) is 0 Å². The number of likely N-dealkylation sites (tertiary alicyclic amines) is 1. The van der Waals surface area contributed by atoms with Gasteiger partial charge in [0, 0.05) is 15.9 Å². The number of benzene rings is 2. The molecular weight excluding hydrogens is 441 g/mol. The number of nitrogens with zero attached hydrogens (tertiary/aromatic N) is 3. The Morgan fingerprint density at radius 1 is 1.31 bits per heavy atom. The van der Waals surface area contributed by atoms with Crippen LogP contribution in [0.5, 0.6) is 0 Å². The summed E-state index contributed by atoms with van der Waals surface area (Å²) in [5, 5.41) is 22.0. The SMILES string of the molecule is C[C@H](N)C1(O)CN(C(=O)c2cc3ccnnc3cc2Nc2ccc(Br)cc2F)C1. The molecule has 1 amide bonds. The zero-order valence-corrected chi connectivity index (χ0v) is 17.1. The summed E-state index contributed by atoms with van der Waals surface area (Å²) < 4.78 is 15.0. The minimum absolute atomic E-state index is 0.141. The van der Waals surface area contributed by atoms with Crippen molar-refractivity contribution in [1.82, 2.24) is 15.1 Å². The molecule has 2 aromatic carbocycles. The highest BCUT2D eigenvalue weighted by atomic mass is 79.9. The first-order valence-corrected chi connectivity index (χ1v) is 9.81. The molecule has 1 fully saturated rings. The Balaban J connectivity index is 1.72. The summed E-state index contributed by atoms with van der Waals surface area (Å²) in [6.07, 6.45) is 1.54. The van der Waals surface area contributed by atoms with Gasteiger partial charge in [0.2, 0.25) is 0 Å². The molecule has 7 nitrogen and oxygen atoms in total. The molecule has 1 aromatic heterocycles. The lowest BCUT2D eigenvalue weighted by molar-refractivity contribution is -0.0931. The number of aromatic nitrogens is 2. The lowest BCUT2D eigenvalue weighted by atomic mass is 9.87. The number of hydrogen-bond acceptors (Lipinski definition) is 6. The molecule has 0 radical (unpaired) electrons. The number of nitrogens with one attached hydrogen (secondary N) is 1. The fourth-order valence-corrected chi connectivity index (χ4v) is 3.60. The third-order valence-electron chi connectivity index (χ3n) is 5.15. The quantitative estimate of drug-likeness (QED) is 0.553. The average molecular weight is 460 g/mol. The van der Waals surface area contributed by atoms with Crippen LogP contribution in [0.2, 0.25) is 0 Å². The molecule has 1 aliphatic rings. The first-order chi connectivity index (χ1) is 13.8. The largest absolute Gasteiger partial charge is 0.385 e. The molecule has 150 valence electrons. The lowest BCUT2D eigenvalue weighted by Gasteiger charge is -2.48. The number of amides is 1. The number of carbonyl (C=O) groups excluding carboxylic acids is 1. The van der Waals surface area contributed by atoms with Crippen LogP contribution in [0.25, 0.3) is 10.9 Å². The van der Waals surface area contributed by atoms with Gasteiger partial charge in [-0.1, -0.05) is 15.9 Å². The Morgan fingerprint density at radius 2 is 2.07 bits per heavy atom. The molecule has 29 heavy (non-hydrogen) atoms. The van der Waals surface area contributed by atoms with E-state index in [0.717, 1.165) is 5.39 Å². The Hall–Kier alpha value is -2.62. The molecule has 4 N–H and O–H groups in total. The third-order valence-corrected chi connectivity index (χ3v) is 5.64. The third kappa shape index (κ3) is 3.68. The highest BCUT2D eigenvalue weighted by Gasteiger charge is 2.46. The smallest absolute Gasteiger partial charge is 0.256 e. The highest BCUT2D eigenvalue weighted by molar-refractivity contribution is 9.10. The highest BCUT2D eigenvalue weighted by Crippen LogP contribution is 2.32. The van der Waals surface area contributed by atoms with Crippen LogP contribution in [0.15, 0.2) is 47.1 Å². The van der Waals surface area contributed by atoms with Gasteiger partial charge in [-0.15, -0.1) is 0 Å². The van der Waals surface area contributed by atoms with Crippen molar-refractivity contribution in [2.24, 2.45) is 5.73 Å². The van der Waals surface area contributed by atoms with Crippen LogP contribution < -0.4 is 11.1 Å². The Morgan fingerprint density at radius 3 is 2.76 bits per heavy atom. The minimum Gasteiger partial charge on any atom is -0.385 e. The second kappa shape index (κ2) is 7.33. The van der Waals surface area contributed by atoms with Gasteiger partial charge in [-0.3, -0.25) is 4.79 Å². The predicted molar refractivity (Wildman–Crippen MR) is 111 cm³/mol. The van der Waals surface area contributed by atoms with Gasteiger partial charge in [0.1, 0.15) is 11.4 Å². The van der Waals surface area contributed by atoms with Gasteiger partial charge in [0.15, 0.2) is 0 Å². The fraction of sp³-hybridized carbons (Fsp3) is 0.250. The van der Waals surface area contributed by atoms with Gasteiger partial charge in [0.05, 0.1) is 41.7 Å². The fourth-order valence-electron chi connectivity index (χ4n) is 3.27. The van der Waals surface area contributed by atoms with Crippen molar-refractivity contribution in [1.29, 1.82) is 0 Å². The van der Waals surface area contributed by atoms with Crippen LogP contribution in [0, 0.1) is 5.82 Å². The molecule has 0 spiro atoms. The summed E-state index contributed by atoms with van der Waals surface area (Å²) >= 11 is 3.23. The molecule has 1 aliphatic heterocycles. The lowest BCUT2D eigenvalue weighted by Crippen LogP contribution is -2.70. The van der Waals surface area contributed by atoms with Crippen molar-refractivity contribution in [3.8, 4) is 0 Å². The number of aliphatic hydroxyl groups is 1. The maximum absolute atomic E-state index is 14.3. The monoisotopic (exact) mass is 459 g/mol. The van der Waals surface area contributed by atoms with Gasteiger partial charge >= 0.3 is 0 Å². The van der Waals surface area contributed by atoms with Crippen molar-refractivity contribution in [2.75, 3.05) is 18.4 Å². The summed E-state index contributed by atoms with van der Waals surface area (Å²) in [6.45, 7) is 1.99. The second-order valence-corrected chi connectivity index (χ2v) is 8.21. The number of anilines is 2. The van der Waals surface area contributed by atoms with E-state index in [1.54, 1.807) is 37.3 Å². The van der Waals surface area contributed by atoms with E-state index < -0.39 is 17.5 Å². The Labute approximate surface area is 174 Å². The molecule has 9 heteroatoms. The number of fused-ring (bicyclic) bond motifs is 1. The molecular formula is C20H19BrFN5O2. The standard InChI is InChI=1S/C20H19BrFN5O2/c1-11(23)20(29)9-27(10-20)19(28)14-6-12-4-5-24-26-17(12)8-18(14)25-16-3-2-13(21)7-15(16)22/h2-8,11,25,29H,9-10,23H2,1H3/t11-/m0/s1. The summed E-state index contributed by atoms with van der Waals surface area (Å²) in [6, 6.07) is 9.26. The van der Waals surface area contributed by atoms with Crippen LogP contribution >= 0.6 is 15.9 Å². The second-order valence-electron chi connectivity index (χ2n) is 7.29. The molecule has 0 bridgehead atoms. The number of hydrogen-bond donors (Lipinski definition) is 3. The maximum atomic E-state index is 14.3. The summed E-state index contributed by atoms with van der Waals surface area (Å²) in [5.74, 6) is -0.749. The minimum atomic E-state index is -1.09. The van der Waals surface area contributed by atoms with E-state index in [1.165, 1.54) is 17.2 Å². The van der Waals surface area contributed by atoms with Gasteiger partial charge in [-0.2, -0.15) is 10.2 Å². The van der Waals surface area contributed by atoms with E-state index >= 15 is 0 Å². The number of carbonyl (C=O) groups is 1. The predicted octanol–water partition coefficient (Wildman–Crippen LogP) is 2.81. The summed E-state index contributed by atoms with van der Waals surface area (Å²) in [5.41, 5.74) is 6.26. The van der Waals surface area contributed by atoms with E-state index in [0.29, 0.717) is 21.2 Å². The molecule has 1 atom stereocenters. The van der Waals surface area contributed by atoms with Gasteiger partial charge in [-0.05, 0) is 43.3 Å². The average Bonchev–Trinajstić information content (AvgIpc) is 2.66. The van der Waals surface area contributed by atoms with Gasteiger partial charge in [0.25, 0.3) is 5.91 Å². The van der Waals surface area contributed by atoms with Gasteiger partial charge < -0.3 is 21.1 Å². The van der Waals surface area contributed by atoms with Crippen molar-refractivity contribution < 1.29 is 14.3 Å². The normalized spacial score (nSPS) is 16.4. The van der Waals surface area contributed by atoms with Gasteiger partial charge in [-0.25, -0.2) is 4.39 Å². The number of halogens is 2. The van der Waals surface area contributed by atoms with E-state index in [1.807, 2.05) is 0 Å². The maximum Gasteiger partial charge on any atom is 0.256 e. The molecule has 0 aliphatic carbocycles. The number of β-amino-alcohol motifs (C(OH)–C–C–N with tert-alkyl or cyclic N) is 1. The van der Waals surface area contributed by atoms with Crippen molar-refractivity contribution >= 4 is 44.1 Å². The van der Waals surface area contributed by atoms with Crippen LogP contribution in [-0.4, -0.2) is 50.8 Å². The first kappa shape index (κ1) is 19.7. The number of nitrogens with two attached hydrogens (primary N) is 1. The van der Waals surface area contributed by atoms with Crippen molar-refractivity contribution in [2.45, 2.75) is 18.6 Å².